The average molecular weight is 1460 g/mol. The van der Waals surface area contributed by atoms with Gasteiger partial charge in [0.15, 0.2) is 0 Å². The van der Waals surface area contributed by atoms with Gasteiger partial charge in [-0.3, -0.25) is 0 Å². The van der Waals surface area contributed by atoms with Gasteiger partial charge in [0.05, 0.1) is 26.2 Å². The van der Waals surface area contributed by atoms with Crippen molar-refractivity contribution < 1.29 is 23.7 Å². The molecule has 0 amide bonds. The predicted molar refractivity (Wildman–Crippen MR) is 516 cm³/mol. The van der Waals surface area contributed by atoms with Crippen molar-refractivity contribution in [2.24, 2.45) is 4.99 Å². The van der Waals surface area contributed by atoms with Crippen LogP contribution in [0.4, 0.5) is 0 Å². The fraction of sp³-hybridized carbons (Fsp3) is 0.852. The quantitative estimate of drug-likeness (QED) is 0.0846. The lowest BCUT2D eigenvalue weighted by molar-refractivity contribution is 0.199. The first-order chi connectivity index (χ1) is 35.8. The molecule has 0 rings (SSSR count). The Balaban J connectivity index is -0.00000000925. The van der Waals surface area contributed by atoms with Crippen LogP contribution in [0.1, 0.15) is 421 Å². The van der Waals surface area contributed by atoms with E-state index in [-0.39, 0.29) is 163 Å². The average Bonchev–Trinajstić information content (AvgIpc) is 3.43. The molecule has 0 aromatic carbocycles. The van der Waals surface area contributed by atoms with E-state index in [9.17, 15) is 0 Å². The third kappa shape index (κ3) is 2060. The summed E-state index contributed by atoms with van der Waals surface area (Å²) in [5, 5.41) is 3.02. The van der Waals surface area contributed by atoms with Gasteiger partial charge in [-0.05, 0) is 141 Å². The molecule has 0 aromatic heterocycles. The first-order valence-corrected chi connectivity index (χ1v) is 30.6. The van der Waals surface area contributed by atoms with Gasteiger partial charge >= 0.3 is 0 Å². The molecule has 0 spiro atoms. The number of unbranched alkanes of at least 4 members (excludes halogenated alkanes) is 2. The number of rotatable bonds is 13. The van der Waals surface area contributed by atoms with Crippen LogP contribution in [-0.2, 0) is 23.7 Å². The maximum absolute atomic E-state index is 4.80. The van der Waals surface area contributed by atoms with Crippen molar-refractivity contribution in [3.8, 4) is 11.8 Å². The highest BCUT2D eigenvalue weighted by atomic mass is 32.2. The second-order valence-electron chi connectivity index (χ2n) is 14.1. The van der Waals surface area contributed by atoms with Gasteiger partial charge in [-0.15, -0.1) is 11.8 Å². The van der Waals surface area contributed by atoms with Gasteiger partial charge < -0.3 is 38.9 Å². The molecule has 9 heteroatoms. The minimum absolute atomic E-state index is 0. The number of nitrogens with zero attached hydrogens (tertiary/aromatic N) is 2. The number of ether oxygens (including phenoxy) is 5. The van der Waals surface area contributed by atoms with Crippen molar-refractivity contribution in [2.75, 3.05) is 102 Å². The van der Waals surface area contributed by atoms with Gasteiger partial charge in [-0.1, -0.05) is 368 Å². The molecule has 0 aliphatic heterocycles. The lowest BCUT2D eigenvalue weighted by Crippen LogP contribution is -2.15. The van der Waals surface area contributed by atoms with Crippen molar-refractivity contribution in [1.29, 1.82) is 0 Å². The van der Waals surface area contributed by atoms with Gasteiger partial charge in [0.2, 0.25) is 0 Å². The summed E-state index contributed by atoms with van der Waals surface area (Å²) in [7, 11) is 12.1. The number of allylic oxidation sites excluding steroid dienone is 7. The van der Waals surface area contributed by atoms with Crippen LogP contribution >= 0.6 is 11.8 Å². The van der Waals surface area contributed by atoms with E-state index in [1.165, 1.54) is 51.4 Å². The molecule has 0 aliphatic carbocycles. The van der Waals surface area contributed by atoms with Crippen molar-refractivity contribution >= 4 is 18.0 Å². The van der Waals surface area contributed by atoms with Crippen LogP contribution in [0.2, 0.25) is 0 Å². The summed E-state index contributed by atoms with van der Waals surface area (Å²) in [6.07, 6.45) is 37.4. The Morgan fingerprint density at radius 2 is 0.619 bits per heavy atom. The van der Waals surface area contributed by atoms with E-state index in [2.05, 4.69) is 166 Å². The summed E-state index contributed by atoms with van der Waals surface area (Å²) in [6.45, 7) is 63.4. The molecule has 646 valence electrons. The molecule has 0 saturated carbocycles. The highest BCUT2D eigenvalue weighted by Crippen LogP contribution is 1.78. The van der Waals surface area contributed by atoms with Gasteiger partial charge in [0, 0.05) is 55.2 Å². The molecular formula is C88H243N3O5S. The minimum Gasteiger partial charge on any atom is -0.505 e. The normalized spacial score (nSPS) is 6.21. The van der Waals surface area contributed by atoms with E-state index in [4.69, 9.17) is 9.47 Å². The first kappa shape index (κ1) is 278. The van der Waals surface area contributed by atoms with Crippen molar-refractivity contribution in [3.63, 3.8) is 0 Å². The molecule has 97 heavy (non-hydrogen) atoms. The number of aliphatic imine (C=N–C) groups is 1. The minimum atomic E-state index is 0. The van der Waals surface area contributed by atoms with E-state index >= 15 is 0 Å². The second kappa shape index (κ2) is 569. The number of hydrogen-bond donors (Lipinski definition) is 1. The lowest BCUT2D eigenvalue weighted by atomic mass is 10.4. The molecule has 0 saturated heterocycles. The Morgan fingerprint density at radius 3 is 0.649 bits per heavy atom. The molecule has 0 aromatic rings. The molecule has 0 fully saturated rings. The summed E-state index contributed by atoms with van der Waals surface area (Å²) < 4.78 is 22.9. The molecule has 0 unspecified atom stereocenters. The number of nitrogens with one attached hydrogen (secondary N) is 1. The van der Waals surface area contributed by atoms with Crippen LogP contribution in [-0.4, -0.2) is 113 Å². The Kier molecular flexibility index (Phi) is 1630. The number of thioether (sulfide) groups is 1. The highest BCUT2D eigenvalue weighted by molar-refractivity contribution is 7.97. The molecule has 8 nitrogen and oxygen atoms in total. The van der Waals surface area contributed by atoms with Crippen molar-refractivity contribution in [2.45, 2.75) is 421 Å². The SMILES string of the molecule is C.C.C.C.C.C.C.C.C.C.C.C.C.C.C.C.C.C.C.C.C.C.CC#CC.CC=CC.CC=CC.CC=CNCC.CC=COCC.CC=NC.CCC.CCC.CCC.CCC.CCC=COC.CCCC.CCCC.CCCOC.CCN(C)CC.CCOC.COC.CSC. The third-order valence-electron chi connectivity index (χ3n) is 5.31. The van der Waals surface area contributed by atoms with Gasteiger partial charge in [0.25, 0.3) is 0 Å². The van der Waals surface area contributed by atoms with Crippen molar-refractivity contribution in [3.05, 3.63) is 61.3 Å². The topological polar surface area (TPSA) is 73.8 Å². The van der Waals surface area contributed by atoms with Gasteiger partial charge in [-0.25, -0.2) is 0 Å². The zero-order valence-corrected chi connectivity index (χ0v) is 60.3. The molecule has 1 N–H and O–H groups in total. The number of hydrogen-bond acceptors (Lipinski definition) is 9. The fourth-order valence-corrected chi connectivity index (χ4v) is 1.05. The van der Waals surface area contributed by atoms with E-state index in [1.807, 2.05) is 137 Å². The van der Waals surface area contributed by atoms with Gasteiger partial charge in [0.1, 0.15) is 0 Å². The molecule has 0 atom stereocenters. The van der Waals surface area contributed by atoms with E-state index in [0.717, 1.165) is 52.3 Å². The summed E-state index contributed by atoms with van der Waals surface area (Å²) >= 11 is 1.75. The van der Waals surface area contributed by atoms with E-state index < -0.39 is 0 Å². The summed E-state index contributed by atoms with van der Waals surface area (Å²) in [5.74, 6) is 5.36. The third-order valence-corrected chi connectivity index (χ3v) is 5.31. The fourth-order valence-electron chi connectivity index (χ4n) is 1.05. The summed E-state index contributed by atoms with van der Waals surface area (Å²) in [4.78, 5) is 5.86. The van der Waals surface area contributed by atoms with E-state index in [0.29, 0.717) is 0 Å². The Labute approximate surface area is 649 Å². The van der Waals surface area contributed by atoms with Crippen LogP contribution in [0, 0.1) is 11.8 Å². The molecule has 0 radical (unpaired) electrons. The number of methoxy groups -OCH3 is 4. The lowest BCUT2D eigenvalue weighted by Gasteiger charge is -2.07. The maximum Gasteiger partial charge on any atom is 0.0845 e. The Bertz CT molecular complexity index is 701. The van der Waals surface area contributed by atoms with Crippen LogP contribution in [0.5, 0.6) is 0 Å². The van der Waals surface area contributed by atoms with Crippen LogP contribution in [0.15, 0.2) is 66.2 Å². The smallest absolute Gasteiger partial charge is 0.0845 e. The summed E-state index contributed by atoms with van der Waals surface area (Å²) in [6, 6.07) is 0. The van der Waals surface area contributed by atoms with E-state index in [1.54, 1.807) is 73.1 Å². The van der Waals surface area contributed by atoms with Crippen LogP contribution < -0.4 is 5.32 Å². The zero-order valence-electron chi connectivity index (χ0n) is 59.5. The zero-order chi connectivity index (χ0) is 63.7. The Morgan fingerprint density at radius 1 is 0.392 bits per heavy atom. The molecule has 0 bridgehead atoms. The molecule has 0 aliphatic rings. The second-order valence-corrected chi connectivity index (χ2v) is 14.9. The highest BCUT2D eigenvalue weighted by Gasteiger charge is 1.81. The monoisotopic (exact) mass is 1450 g/mol. The van der Waals surface area contributed by atoms with Crippen molar-refractivity contribution in [1.82, 2.24) is 10.2 Å². The van der Waals surface area contributed by atoms with Crippen LogP contribution in [0.25, 0.3) is 0 Å². The first-order valence-electron chi connectivity index (χ1n) is 28.9. The standard InChI is InChI=1S/C5H13N.C5H11N.2C5H10O.C4H10O.2C4H10.2C4H8.C4H6.C3H7N.C3H8O.4C3H8.C2H6O.C2H6S.22CH4/c1-4-6(3)5-2;1-3-5-6-4-2;1-3-4-5-6-2;1-3-5-6-4-2;1-3-4-5-2;7*1-3-4-2;6*1-3-2;;;;;;;;;;;;;;;;;;;;;;/h4-5H2,1-3H3;3,5-6H,4H2,1-2H3;4-5H,3H2,1-2H3;3,5H,4H2,1-2H3;3-4H2,1-2H3;2*3-4H2,1-2H3;2*3-4H,1-2H3;1-2H3;3H,1-2H3;3H2,1-2H3;4*3H2,1-2H3;2*1-2H3;22*1H4. The largest absolute Gasteiger partial charge is 0.505 e. The predicted octanol–water partition coefficient (Wildman–Crippen LogP) is 36.3. The Hall–Kier alpha value is -2.48. The van der Waals surface area contributed by atoms with Gasteiger partial charge in [-0.2, -0.15) is 11.8 Å². The van der Waals surface area contributed by atoms with Crippen LogP contribution in [0.3, 0.4) is 0 Å². The summed E-state index contributed by atoms with van der Waals surface area (Å²) in [5.41, 5.74) is 0. The maximum atomic E-state index is 4.80. The molecule has 0 heterocycles. The molecular weight excluding hydrogens is 1210 g/mol.